The summed E-state index contributed by atoms with van der Waals surface area (Å²) in [4.78, 5) is 18.2. The van der Waals surface area contributed by atoms with Gasteiger partial charge in [0.1, 0.15) is 5.82 Å². The van der Waals surface area contributed by atoms with Crippen LogP contribution in [0.4, 0.5) is 9.18 Å². The van der Waals surface area contributed by atoms with Crippen LogP contribution in [0.3, 0.4) is 0 Å². The van der Waals surface area contributed by atoms with E-state index in [1.165, 1.54) is 6.07 Å². The van der Waals surface area contributed by atoms with Crippen LogP contribution in [0.1, 0.15) is 36.0 Å². The lowest BCUT2D eigenvalue weighted by atomic mass is 9.97. The van der Waals surface area contributed by atoms with Crippen molar-refractivity contribution < 1.29 is 13.7 Å². The number of aryl methyl sites for hydroxylation is 1. The third-order valence-electron chi connectivity index (χ3n) is 4.06. The molecule has 0 bridgehead atoms. The molecule has 7 heteroatoms. The normalized spacial score (nSPS) is 15.7. The van der Waals surface area contributed by atoms with Crippen molar-refractivity contribution in [3.8, 4) is 0 Å². The summed E-state index contributed by atoms with van der Waals surface area (Å²) in [6.07, 6.45) is 1.57. The first-order valence-electron chi connectivity index (χ1n) is 7.70. The smallest absolute Gasteiger partial charge is 0.317 e. The molecule has 23 heavy (non-hydrogen) atoms. The number of hydrogen-bond acceptors (Lipinski definition) is 4. The minimum absolute atomic E-state index is 0.173. The quantitative estimate of drug-likeness (QED) is 0.944. The fraction of sp³-hybridized carbons (Fsp3) is 0.438. The monoisotopic (exact) mass is 318 g/mol. The molecule has 0 unspecified atom stereocenters. The van der Waals surface area contributed by atoms with E-state index in [1.807, 2.05) is 0 Å². The van der Waals surface area contributed by atoms with Gasteiger partial charge < -0.3 is 14.7 Å². The fourth-order valence-electron chi connectivity index (χ4n) is 2.73. The van der Waals surface area contributed by atoms with Crippen molar-refractivity contribution >= 4 is 6.03 Å². The van der Waals surface area contributed by atoms with Gasteiger partial charge in [0, 0.05) is 31.1 Å². The molecular weight excluding hydrogens is 299 g/mol. The Morgan fingerprint density at radius 3 is 2.78 bits per heavy atom. The maximum absolute atomic E-state index is 13.5. The van der Waals surface area contributed by atoms with Crippen LogP contribution in [-0.2, 0) is 6.54 Å². The van der Waals surface area contributed by atoms with Crippen LogP contribution in [-0.4, -0.2) is 34.2 Å². The number of amides is 2. The van der Waals surface area contributed by atoms with E-state index in [9.17, 15) is 9.18 Å². The molecule has 1 saturated heterocycles. The van der Waals surface area contributed by atoms with Crippen LogP contribution >= 0.6 is 0 Å². The molecule has 3 rings (SSSR count). The highest BCUT2D eigenvalue weighted by Gasteiger charge is 2.27. The molecule has 122 valence electrons. The lowest BCUT2D eigenvalue weighted by Crippen LogP contribution is -2.43. The van der Waals surface area contributed by atoms with Gasteiger partial charge in [-0.2, -0.15) is 4.98 Å². The summed E-state index contributed by atoms with van der Waals surface area (Å²) in [6, 6.07) is 6.26. The zero-order chi connectivity index (χ0) is 16.2. The lowest BCUT2D eigenvalue weighted by molar-refractivity contribution is 0.175. The molecule has 1 fully saturated rings. The minimum Gasteiger partial charge on any atom is -0.339 e. The number of rotatable bonds is 3. The SMILES string of the molecule is Cc1noc(C2CCN(C(=O)NCc3ccccc3F)CC2)n1. The van der Waals surface area contributed by atoms with Crippen LogP contribution in [0.25, 0.3) is 0 Å². The van der Waals surface area contributed by atoms with Gasteiger partial charge in [-0.25, -0.2) is 9.18 Å². The van der Waals surface area contributed by atoms with Crippen molar-refractivity contribution in [2.24, 2.45) is 0 Å². The fourth-order valence-corrected chi connectivity index (χ4v) is 2.73. The summed E-state index contributed by atoms with van der Waals surface area (Å²) in [5.74, 6) is 1.17. The van der Waals surface area contributed by atoms with Gasteiger partial charge in [-0.3, -0.25) is 0 Å². The number of hydrogen-bond donors (Lipinski definition) is 1. The van der Waals surface area contributed by atoms with Gasteiger partial charge in [0.05, 0.1) is 0 Å². The Hall–Kier alpha value is -2.44. The van der Waals surface area contributed by atoms with Crippen LogP contribution in [0.2, 0.25) is 0 Å². The van der Waals surface area contributed by atoms with Gasteiger partial charge in [0.2, 0.25) is 5.89 Å². The van der Waals surface area contributed by atoms with Crippen LogP contribution in [0, 0.1) is 12.7 Å². The van der Waals surface area contributed by atoms with E-state index < -0.39 is 0 Å². The van der Waals surface area contributed by atoms with Crippen molar-refractivity contribution in [2.75, 3.05) is 13.1 Å². The van der Waals surface area contributed by atoms with Crippen molar-refractivity contribution in [2.45, 2.75) is 32.2 Å². The number of halogens is 1. The molecular formula is C16H19FN4O2. The summed E-state index contributed by atoms with van der Waals surface area (Å²) in [5.41, 5.74) is 0.483. The Morgan fingerprint density at radius 1 is 1.39 bits per heavy atom. The highest BCUT2D eigenvalue weighted by atomic mass is 19.1. The first-order valence-corrected chi connectivity index (χ1v) is 7.70. The molecule has 2 aromatic rings. The van der Waals surface area contributed by atoms with E-state index in [1.54, 1.807) is 30.0 Å². The summed E-state index contributed by atoms with van der Waals surface area (Å²) >= 11 is 0. The van der Waals surface area contributed by atoms with Gasteiger partial charge >= 0.3 is 6.03 Å². The molecule has 0 saturated carbocycles. The van der Waals surface area contributed by atoms with E-state index in [-0.39, 0.29) is 24.3 Å². The average Bonchev–Trinajstić information content (AvgIpc) is 3.00. The average molecular weight is 318 g/mol. The van der Waals surface area contributed by atoms with Gasteiger partial charge in [-0.1, -0.05) is 23.4 Å². The second-order valence-corrected chi connectivity index (χ2v) is 5.69. The molecule has 1 aliphatic rings. The van der Waals surface area contributed by atoms with Crippen molar-refractivity contribution in [3.05, 3.63) is 47.4 Å². The summed E-state index contributed by atoms with van der Waals surface area (Å²) in [6.45, 7) is 3.22. The number of likely N-dealkylation sites (tertiary alicyclic amines) is 1. The van der Waals surface area contributed by atoms with Crippen LogP contribution < -0.4 is 5.32 Å². The largest absolute Gasteiger partial charge is 0.339 e. The summed E-state index contributed by atoms with van der Waals surface area (Å²) < 4.78 is 18.7. The van der Waals surface area contributed by atoms with E-state index in [2.05, 4.69) is 15.5 Å². The van der Waals surface area contributed by atoms with Crippen molar-refractivity contribution in [3.63, 3.8) is 0 Å². The first kappa shape index (κ1) is 15.5. The molecule has 0 spiro atoms. The highest BCUT2D eigenvalue weighted by molar-refractivity contribution is 5.74. The van der Waals surface area contributed by atoms with Crippen LogP contribution in [0.15, 0.2) is 28.8 Å². The maximum atomic E-state index is 13.5. The molecule has 6 nitrogen and oxygen atoms in total. The molecule has 2 heterocycles. The standard InChI is InChI=1S/C16H19FN4O2/c1-11-19-15(23-20-11)12-6-8-21(9-7-12)16(22)18-10-13-4-2-3-5-14(13)17/h2-5,12H,6-10H2,1H3,(H,18,22). The Balaban J connectivity index is 1.49. The molecule has 1 aromatic heterocycles. The number of piperidine rings is 1. The minimum atomic E-state index is -0.307. The second kappa shape index (κ2) is 6.76. The molecule has 1 aliphatic heterocycles. The molecule has 0 atom stereocenters. The predicted octanol–water partition coefficient (Wildman–Crippen LogP) is 2.61. The highest BCUT2D eigenvalue weighted by Crippen LogP contribution is 2.26. The number of aromatic nitrogens is 2. The van der Waals surface area contributed by atoms with E-state index in [4.69, 9.17) is 4.52 Å². The molecule has 2 amide bonds. The van der Waals surface area contributed by atoms with E-state index in [0.717, 1.165) is 12.8 Å². The lowest BCUT2D eigenvalue weighted by Gasteiger charge is -2.30. The predicted molar refractivity (Wildman–Crippen MR) is 81.2 cm³/mol. The number of nitrogens with one attached hydrogen (secondary N) is 1. The second-order valence-electron chi connectivity index (χ2n) is 5.69. The third-order valence-corrected chi connectivity index (χ3v) is 4.06. The van der Waals surface area contributed by atoms with Crippen molar-refractivity contribution in [1.29, 1.82) is 0 Å². The molecule has 0 radical (unpaired) electrons. The number of carbonyl (C=O) groups is 1. The first-order chi connectivity index (χ1) is 11.1. The van der Waals surface area contributed by atoms with Gasteiger partial charge in [0.25, 0.3) is 0 Å². The van der Waals surface area contributed by atoms with Gasteiger partial charge in [0.15, 0.2) is 5.82 Å². The Morgan fingerprint density at radius 2 is 2.13 bits per heavy atom. The van der Waals surface area contributed by atoms with E-state index in [0.29, 0.717) is 30.4 Å². The molecule has 0 aliphatic carbocycles. The van der Waals surface area contributed by atoms with E-state index >= 15 is 0 Å². The third kappa shape index (κ3) is 3.67. The molecule has 1 aromatic carbocycles. The number of carbonyl (C=O) groups excluding carboxylic acids is 1. The molecule has 1 N–H and O–H groups in total. The number of nitrogens with zero attached hydrogens (tertiary/aromatic N) is 3. The Bertz CT molecular complexity index is 680. The van der Waals surface area contributed by atoms with Gasteiger partial charge in [-0.05, 0) is 25.8 Å². The maximum Gasteiger partial charge on any atom is 0.317 e. The van der Waals surface area contributed by atoms with Gasteiger partial charge in [-0.15, -0.1) is 0 Å². The zero-order valence-corrected chi connectivity index (χ0v) is 13.0. The summed E-state index contributed by atoms with van der Waals surface area (Å²) in [7, 11) is 0. The zero-order valence-electron chi connectivity index (χ0n) is 13.0. The topological polar surface area (TPSA) is 71.3 Å². The Labute approximate surface area is 133 Å². The van der Waals surface area contributed by atoms with Crippen LogP contribution in [0.5, 0.6) is 0 Å². The Kier molecular flexibility index (Phi) is 4.55. The summed E-state index contributed by atoms with van der Waals surface area (Å²) in [5, 5.41) is 6.57. The number of urea groups is 1. The van der Waals surface area contributed by atoms with Crippen molar-refractivity contribution in [1.82, 2.24) is 20.4 Å². The number of benzene rings is 1.